The SMILES string of the molecule is COC(=O)C(C)SCC(=O)N(C)Cc1ccc(Cl)c(Cl)c1. The fourth-order valence-electron chi connectivity index (χ4n) is 1.54. The minimum atomic E-state index is -0.364. The molecule has 0 heterocycles. The van der Waals surface area contributed by atoms with E-state index in [-0.39, 0.29) is 22.9 Å². The molecule has 0 saturated carbocycles. The highest BCUT2D eigenvalue weighted by molar-refractivity contribution is 8.01. The van der Waals surface area contributed by atoms with Crippen molar-refractivity contribution in [3.8, 4) is 0 Å². The normalized spacial score (nSPS) is 11.9. The largest absolute Gasteiger partial charge is 0.468 e. The van der Waals surface area contributed by atoms with Gasteiger partial charge in [-0.3, -0.25) is 9.59 Å². The molecule has 0 saturated heterocycles. The molecule has 0 radical (unpaired) electrons. The number of ether oxygens (including phenoxy) is 1. The molecule has 0 aromatic heterocycles. The van der Waals surface area contributed by atoms with E-state index >= 15 is 0 Å². The first kappa shape index (κ1) is 18.1. The van der Waals surface area contributed by atoms with Gasteiger partial charge in [-0.05, 0) is 24.6 Å². The smallest absolute Gasteiger partial charge is 0.318 e. The Hall–Kier alpha value is -0.910. The maximum atomic E-state index is 12.0. The number of amides is 1. The summed E-state index contributed by atoms with van der Waals surface area (Å²) in [6.45, 7) is 2.14. The zero-order chi connectivity index (χ0) is 16.0. The van der Waals surface area contributed by atoms with E-state index in [9.17, 15) is 9.59 Å². The summed E-state index contributed by atoms with van der Waals surface area (Å²) in [5, 5.41) is 0.581. The Labute approximate surface area is 138 Å². The number of benzene rings is 1. The Balaban J connectivity index is 2.51. The lowest BCUT2D eigenvalue weighted by molar-refractivity contribution is -0.139. The van der Waals surface area contributed by atoms with Gasteiger partial charge in [0.1, 0.15) is 5.25 Å². The third kappa shape index (κ3) is 5.77. The van der Waals surface area contributed by atoms with E-state index in [0.717, 1.165) is 5.56 Å². The zero-order valence-corrected chi connectivity index (χ0v) is 14.4. The minimum absolute atomic E-state index is 0.0678. The van der Waals surface area contributed by atoms with Crippen LogP contribution in [-0.2, 0) is 20.9 Å². The average molecular weight is 350 g/mol. The van der Waals surface area contributed by atoms with Gasteiger partial charge in [-0.2, -0.15) is 0 Å². The number of esters is 1. The van der Waals surface area contributed by atoms with Crippen molar-refractivity contribution in [3.63, 3.8) is 0 Å². The molecular formula is C14H17Cl2NO3S. The summed E-state index contributed by atoms with van der Waals surface area (Å²) < 4.78 is 4.61. The van der Waals surface area contributed by atoms with Gasteiger partial charge in [0.05, 0.1) is 22.9 Å². The van der Waals surface area contributed by atoms with Crippen molar-refractivity contribution in [2.24, 2.45) is 0 Å². The fraction of sp³-hybridized carbons (Fsp3) is 0.429. The third-order valence-electron chi connectivity index (χ3n) is 2.82. The first-order valence-corrected chi connectivity index (χ1v) is 8.03. The number of thioether (sulfide) groups is 1. The predicted molar refractivity (Wildman–Crippen MR) is 86.9 cm³/mol. The van der Waals surface area contributed by atoms with Gasteiger partial charge < -0.3 is 9.64 Å². The standard InChI is InChI=1S/C14H17Cl2NO3S/c1-9(14(19)20-3)21-8-13(18)17(2)7-10-4-5-11(15)12(16)6-10/h4-6,9H,7-8H2,1-3H3. The Kier molecular flexibility index (Phi) is 7.35. The van der Waals surface area contributed by atoms with Crippen LogP contribution < -0.4 is 0 Å². The molecule has 1 atom stereocenters. The molecule has 1 unspecified atom stereocenters. The van der Waals surface area contributed by atoms with E-state index < -0.39 is 0 Å². The van der Waals surface area contributed by atoms with E-state index in [1.165, 1.54) is 18.9 Å². The van der Waals surface area contributed by atoms with Crippen molar-refractivity contribution >= 4 is 46.8 Å². The summed E-state index contributed by atoms with van der Waals surface area (Å²) >= 11 is 13.0. The number of methoxy groups -OCH3 is 1. The molecule has 1 amide bonds. The van der Waals surface area contributed by atoms with Crippen molar-refractivity contribution in [1.29, 1.82) is 0 Å². The van der Waals surface area contributed by atoms with Gasteiger partial charge in [0.2, 0.25) is 5.91 Å². The number of carbonyl (C=O) groups excluding carboxylic acids is 2. The molecule has 0 bridgehead atoms. The second kappa shape index (κ2) is 8.51. The van der Waals surface area contributed by atoms with Gasteiger partial charge in [-0.25, -0.2) is 0 Å². The van der Waals surface area contributed by atoms with E-state index in [0.29, 0.717) is 16.6 Å². The lowest BCUT2D eigenvalue weighted by Crippen LogP contribution is -2.29. The molecule has 0 N–H and O–H groups in total. The first-order chi connectivity index (χ1) is 9.85. The van der Waals surface area contributed by atoms with Gasteiger partial charge in [-0.1, -0.05) is 29.3 Å². The van der Waals surface area contributed by atoms with E-state index in [1.807, 2.05) is 6.07 Å². The summed E-state index contributed by atoms with van der Waals surface area (Å²) in [6, 6.07) is 5.26. The van der Waals surface area contributed by atoms with Crippen LogP contribution in [0.3, 0.4) is 0 Å². The molecule has 0 aliphatic carbocycles. The summed E-state index contributed by atoms with van der Waals surface area (Å²) in [6.07, 6.45) is 0. The quantitative estimate of drug-likeness (QED) is 0.739. The monoisotopic (exact) mass is 349 g/mol. The van der Waals surface area contributed by atoms with E-state index in [4.69, 9.17) is 23.2 Å². The molecule has 0 aliphatic rings. The van der Waals surface area contributed by atoms with Crippen LogP contribution in [0.15, 0.2) is 18.2 Å². The summed E-state index contributed by atoms with van der Waals surface area (Å²) in [5.41, 5.74) is 0.895. The Morgan fingerprint density at radius 1 is 1.33 bits per heavy atom. The van der Waals surface area contributed by atoms with Gasteiger partial charge in [-0.15, -0.1) is 11.8 Å². The van der Waals surface area contributed by atoms with Gasteiger partial charge in [0.25, 0.3) is 0 Å². The summed E-state index contributed by atoms with van der Waals surface area (Å²) in [7, 11) is 3.03. The van der Waals surface area contributed by atoms with E-state index in [2.05, 4.69) is 4.74 Å². The Morgan fingerprint density at radius 2 is 2.00 bits per heavy atom. The van der Waals surface area contributed by atoms with Crippen LogP contribution in [0.25, 0.3) is 0 Å². The highest BCUT2D eigenvalue weighted by Gasteiger charge is 2.17. The molecule has 1 rings (SSSR count). The molecule has 0 spiro atoms. The summed E-state index contributed by atoms with van der Waals surface area (Å²) in [5.74, 6) is -0.185. The van der Waals surface area contributed by atoms with Crippen molar-refractivity contribution in [1.82, 2.24) is 4.90 Å². The number of nitrogens with zero attached hydrogens (tertiary/aromatic N) is 1. The molecule has 7 heteroatoms. The van der Waals surface area contributed by atoms with Crippen molar-refractivity contribution in [2.75, 3.05) is 19.9 Å². The molecule has 4 nitrogen and oxygen atoms in total. The molecule has 0 aliphatic heterocycles. The minimum Gasteiger partial charge on any atom is -0.468 e. The van der Waals surface area contributed by atoms with E-state index in [1.54, 1.807) is 31.0 Å². The van der Waals surface area contributed by atoms with Crippen molar-refractivity contribution in [3.05, 3.63) is 33.8 Å². The number of halogens is 2. The second-order valence-electron chi connectivity index (χ2n) is 4.47. The molecule has 1 aromatic carbocycles. The Bertz CT molecular complexity index is 525. The maximum absolute atomic E-state index is 12.0. The predicted octanol–water partition coefficient (Wildman–Crippen LogP) is 3.25. The van der Waals surface area contributed by atoms with Crippen LogP contribution in [0.4, 0.5) is 0 Å². The summed E-state index contributed by atoms with van der Waals surface area (Å²) in [4.78, 5) is 24.8. The molecule has 116 valence electrons. The van der Waals surface area contributed by atoms with Gasteiger partial charge in [0.15, 0.2) is 0 Å². The lowest BCUT2D eigenvalue weighted by Gasteiger charge is -2.18. The third-order valence-corrected chi connectivity index (χ3v) is 4.66. The Morgan fingerprint density at radius 3 is 2.57 bits per heavy atom. The van der Waals surface area contributed by atoms with Crippen molar-refractivity contribution < 1.29 is 14.3 Å². The zero-order valence-electron chi connectivity index (χ0n) is 12.1. The second-order valence-corrected chi connectivity index (χ2v) is 6.62. The number of carbonyl (C=O) groups is 2. The average Bonchev–Trinajstić information content (AvgIpc) is 2.47. The topological polar surface area (TPSA) is 46.6 Å². The number of hydrogen-bond acceptors (Lipinski definition) is 4. The van der Waals surface area contributed by atoms with Gasteiger partial charge in [0, 0.05) is 13.6 Å². The lowest BCUT2D eigenvalue weighted by atomic mass is 10.2. The first-order valence-electron chi connectivity index (χ1n) is 6.22. The van der Waals surface area contributed by atoms with Crippen molar-refractivity contribution in [2.45, 2.75) is 18.7 Å². The molecular weight excluding hydrogens is 333 g/mol. The number of hydrogen-bond donors (Lipinski definition) is 0. The number of rotatable bonds is 6. The molecule has 1 aromatic rings. The van der Waals surface area contributed by atoms with Crippen LogP contribution in [-0.4, -0.2) is 41.9 Å². The highest BCUT2D eigenvalue weighted by atomic mass is 35.5. The van der Waals surface area contributed by atoms with Crippen LogP contribution in [0.5, 0.6) is 0 Å². The van der Waals surface area contributed by atoms with Gasteiger partial charge >= 0.3 is 5.97 Å². The maximum Gasteiger partial charge on any atom is 0.318 e. The fourth-order valence-corrected chi connectivity index (χ4v) is 2.71. The molecule has 21 heavy (non-hydrogen) atoms. The van der Waals surface area contributed by atoms with Crippen LogP contribution >= 0.6 is 35.0 Å². The van der Waals surface area contributed by atoms with Crippen LogP contribution in [0, 0.1) is 0 Å². The van der Waals surface area contributed by atoms with Crippen LogP contribution in [0.2, 0.25) is 10.0 Å². The van der Waals surface area contributed by atoms with Crippen LogP contribution in [0.1, 0.15) is 12.5 Å². The molecule has 0 fully saturated rings. The highest BCUT2D eigenvalue weighted by Crippen LogP contribution is 2.23.